The summed E-state index contributed by atoms with van der Waals surface area (Å²) < 4.78 is 0. The summed E-state index contributed by atoms with van der Waals surface area (Å²) in [4.78, 5) is 21.5. The molecule has 2 aromatic rings. The number of hydrogen-bond acceptors (Lipinski definition) is 5. The maximum Gasteiger partial charge on any atom is 0.335 e. The van der Waals surface area contributed by atoms with Gasteiger partial charge in [0.15, 0.2) is 0 Å². The third-order valence-electron chi connectivity index (χ3n) is 3.21. The average molecular weight is 325 g/mol. The lowest BCUT2D eigenvalue weighted by molar-refractivity contribution is 0.0697. The van der Waals surface area contributed by atoms with Crippen molar-refractivity contribution in [2.45, 2.75) is 12.8 Å². The second-order valence-corrected chi connectivity index (χ2v) is 5.20. The molecule has 0 amide bonds. The normalized spacial score (nSPS) is 10.5. The van der Waals surface area contributed by atoms with Crippen LogP contribution in [0.3, 0.4) is 0 Å². The Morgan fingerprint density at radius 2 is 2.05 bits per heavy atom. The van der Waals surface area contributed by atoms with E-state index in [0.717, 1.165) is 37.1 Å². The molecule has 0 aliphatic carbocycles. The molecular formula is C15H21ClN4O2. The van der Waals surface area contributed by atoms with Crippen molar-refractivity contribution in [3.05, 3.63) is 30.1 Å². The number of hydrogen-bond donors (Lipinski definition) is 2. The highest BCUT2D eigenvalue weighted by Gasteiger charge is 2.07. The highest BCUT2D eigenvalue weighted by Crippen LogP contribution is 2.20. The first-order valence-corrected chi connectivity index (χ1v) is 6.94. The van der Waals surface area contributed by atoms with Crippen molar-refractivity contribution >= 4 is 35.1 Å². The Morgan fingerprint density at radius 1 is 1.27 bits per heavy atom. The molecule has 0 saturated carbocycles. The van der Waals surface area contributed by atoms with Gasteiger partial charge >= 0.3 is 5.97 Å². The SMILES string of the molecule is CN(C)CCCCNc1ncnc2cc(C(=O)O)ccc12.Cl. The van der Waals surface area contributed by atoms with Crippen LogP contribution in [0.15, 0.2) is 24.5 Å². The molecule has 2 N–H and O–H groups in total. The quantitative estimate of drug-likeness (QED) is 0.762. The molecule has 7 heteroatoms. The number of anilines is 1. The predicted octanol–water partition coefficient (Wildman–Crippen LogP) is 2.50. The topological polar surface area (TPSA) is 78.3 Å². The van der Waals surface area contributed by atoms with Crippen molar-refractivity contribution in [1.82, 2.24) is 14.9 Å². The number of carboxylic acids is 1. The summed E-state index contributed by atoms with van der Waals surface area (Å²) in [5.41, 5.74) is 0.874. The largest absolute Gasteiger partial charge is 0.478 e. The lowest BCUT2D eigenvalue weighted by Gasteiger charge is -2.11. The highest BCUT2D eigenvalue weighted by atomic mass is 35.5. The van der Waals surface area contributed by atoms with Gasteiger partial charge < -0.3 is 15.3 Å². The van der Waals surface area contributed by atoms with Crippen molar-refractivity contribution in [3.63, 3.8) is 0 Å². The van der Waals surface area contributed by atoms with Gasteiger partial charge in [-0.25, -0.2) is 14.8 Å². The summed E-state index contributed by atoms with van der Waals surface area (Å²) >= 11 is 0. The number of fused-ring (bicyclic) bond motifs is 1. The van der Waals surface area contributed by atoms with Crippen LogP contribution < -0.4 is 5.32 Å². The molecule has 0 fully saturated rings. The number of benzene rings is 1. The van der Waals surface area contributed by atoms with Gasteiger partial charge in [0.1, 0.15) is 12.1 Å². The minimum absolute atomic E-state index is 0. The van der Waals surface area contributed by atoms with E-state index in [1.54, 1.807) is 18.2 Å². The number of aromatic carboxylic acids is 1. The molecule has 0 atom stereocenters. The molecule has 22 heavy (non-hydrogen) atoms. The fraction of sp³-hybridized carbons (Fsp3) is 0.400. The van der Waals surface area contributed by atoms with Crippen molar-refractivity contribution in [2.75, 3.05) is 32.5 Å². The summed E-state index contributed by atoms with van der Waals surface area (Å²) in [6.07, 6.45) is 3.62. The number of unbranched alkanes of at least 4 members (excludes halogenated alkanes) is 1. The van der Waals surface area contributed by atoms with E-state index in [4.69, 9.17) is 5.11 Å². The first-order valence-electron chi connectivity index (χ1n) is 6.94. The molecule has 0 bridgehead atoms. The number of aromatic nitrogens is 2. The Balaban J connectivity index is 0.00000242. The third-order valence-corrected chi connectivity index (χ3v) is 3.21. The second kappa shape index (κ2) is 8.51. The van der Waals surface area contributed by atoms with E-state index < -0.39 is 5.97 Å². The van der Waals surface area contributed by atoms with Crippen LogP contribution in [0.2, 0.25) is 0 Å². The minimum atomic E-state index is -0.950. The summed E-state index contributed by atoms with van der Waals surface area (Å²) in [5.74, 6) is -0.199. The van der Waals surface area contributed by atoms with Crippen LogP contribution in [0.1, 0.15) is 23.2 Å². The molecule has 0 spiro atoms. The molecule has 6 nitrogen and oxygen atoms in total. The zero-order chi connectivity index (χ0) is 15.2. The number of nitrogens with zero attached hydrogens (tertiary/aromatic N) is 3. The fourth-order valence-corrected chi connectivity index (χ4v) is 2.09. The third kappa shape index (κ3) is 4.82. The molecule has 1 aromatic heterocycles. The fourth-order valence-electron chi connectivity index (χ4n) is 2.09. The van der Waals surface area contributed by atoms with E-state index in [-0.39, 0.29) is 18.0 Å². The van der Waals surface area contributed by atoms with Gasteiger partial charge in [0.05, 0.1) is 11.1 Å². The van der Waals surface area contributed by atoms with Crippen LogP contribution in [0, 0.1) is 0 Å². The van der Waals surface area contributed by atoms with Gasteiger partial charge in [-0.2, -0.15) is 0 Å². The number of nitrogens with one attached hydrogen (secondary N) is 1. The number of rotatable bonds is 7. The van der Waals surface area contributed by atoms with Gasteiger partial charge in [-0.1, -0.05) is 0 Å². The van der Waals surface area contributed by atoms with Crippen LogP contribution in [0.4, 0.5) is 5.82 Å². The number of halogens is 1. The summed E-state index contributed by atoms with van der Waals surface area (Å²) in [6.45, 7) is 1.90. The van der Waals surface area contributed by atoms with Crippen LogP contribution in [0.5, 0.6) is 0 Å². The van der Waals surface area contributed by atoms with Crippen molar-refractivity contribution < 1.29 is 9.90 Å². The second-order valence-electron chi connectivity index (χ2n) is 5.20. The zero-order valence-corrected chi connectivity index (χ0v) is 13.6. The Bertz CT molecular complexity index is 634. The Kier molecular flexibility index (Phi) is 7.01. The highest BCUT2D eigenvalue weighted by molar-refractivity contribution is 5.96. The lowest BCUT2D eigenvalue weighted by atomic mass is 10.1. The van der Waals surface area contributed by atoms with Crippen LogP contribution >= 0.6 is 12.4 Å². The van der Waals surface area contributed by atoms with Crippen molar-refractivity contribution in [2.24, 2.45) is 0 Å². The lowest BCUT2D eigenvalue weighted by Crippen LogP contribution is -2.14. The summed E-state index contributed by atoms with van der Waals surface area (Å²) in [6, 6.07) is 4.89. The smallest absolute Gasteiger partial charge is 0.335 e. The minimum Gasteiger partial charge on any atom is -0.478 e. The molecule has 0 aliphatic rings. The Labute approximate surface area is 136 Å². The summed E-state index contributed by atoms with van der Waals surface area (Å²) in [5, 5.41) is 13.1. The van der Waals surface area contributed by atoms with E-state index >= 15 is 0 Å². The monoisotopic (exact) mass is 324 g/mol. The van der Waals surface area contributed by atoms with Crippen molar-refractivity contribution in [3.8, 4) is 0 Å². The molecule has 0 radical (unpaired) electrons. The molecule has 0 saturated heterocycles. The van der Waals surface area contributed by atoms with Gasteiger partial charge in [-0.15, -0.1) is 12.4 Å². The van der Waals surface area contributed by atoms with E-state index in [9.17, 15) is 4.79 Å². The van der Waals surface area contributed by atoms with Crippen molar-refractivity contribution in [1.29, 1.82) is 0 Å². The van der Waals surface area contributed by atoms with E-state index in [1.807, 2.05) is 0 Å². The van der Waals surface area contributed by atoms with Gasteiger partial charge in [0.2, 0.25) is 0 Å². The molecule has 0 aliphatic heterocycles. The van der Waals surface area contributed by atoms with Crippen LogP contribution in [0.25, 0.3) is 10.9 Å². The maximum absolute atomic E-state index is 11.0. The maximum atomic E-state index is 11.0. The van der Waals surface area contributed by atoms with Crippen LogP contribution in [-0.4, -0.2) is 53.1 Å². The Morgan fingerprint density at radius 3 is 2.73 bits per heavy atom. The zero-order valence-electron chi connectivity index (χ0n) is 12.7. The van der Waals surface area contributed by atoms with Gasteiger partial charge in [0.25, 0.3) is 0 Å². The molecule has 120 valence electrons. The van der Waals surface area contributed by atoms with E-state index in [2.05, 4.69) is 34.3 Å². The molecule has 1 aromatic carbocycles. The van der Waals surface area contributed by atoms with Crippen LogP contribution in [-0.2, 0) is 0 Å². The number of carboxylic acid groups (broad SMARTS) is 1. The first kappa shape index (κ1) is 18.1. The summed E-state index contributed by atoms with van der Waals surface area (Å²) in [7, 11) is 4.12. The van der Waals surface area contributed by atoms with Gasteiger partial charge in [0, 0.05) is 11.9 Å². The van der Waals surface area contributed by atoms with E-state index in [0.29, 0.717) is 5.52 Å². The Hall–Kier alpha value is -1.92. The standard InChI is InChI=1S/C15H20N4O2.ClH/c1-19(2)8-4-3-7-16-14-12-6-5-11(15(20)21)9-13(12)17-10-18-14;/h5-6,9-10H,3-4,7-8H2,1-2H3,(H,20,21)(H,16,17,18);1H. The molecule has 2 rings (SSSR count). The number of carbonyl (C=O) groups is 1. The average Bonchev–Trinajstić information content (AvgIpc) is 2.46. The van der Waals surface area contributed by atoms with Gasteiger partial charge in [-0.3, -0.25) is 0 Å². The van der Waals surface area contributed by atoms with E-state index in [1.165, 1.54) is 6.33 Å². The predicted molar refractivity (Wildman–Crippen MR) is 90.0 cm³/mol. The first-order chi connectivity index (χ1) is 10.1. The molecule has 1 heterocycles. The molecular weight excluding hydrogens is 304 g/mol. The van der Waals surface area contributed by atoms with Gasteiger partial charge in [-0.05, 0) is 51.7 Å². The molecule has 0 unspecified atom stereocenters.